The Labute approximate surface area is 190 Å². The molecule has 2 aromatic heterocycles. The quantitative estimate of drug-likeness (QED) is 0.563. The average molecular weight is 482 g/mol. The van der Waals surface area contributed by atoms with Crippen LogP contribution in [0.4, 0.5) is 13.2 Å². The molecule has 8 nitrogen and oxygen atoms in total. The number of rotatable bonds is 6. The van der Waals surface area contributed by atoms with Crippen molar-refractivity contribution in [1.82, 2.24) is 24.9 Å². The second-order valence-electron chi connectivity index (χ2n) is 7.70. The number of aliphatic hydroxyl groups excluding tert-OH is 1. The number of alkyl halides is 3. The van der Waals surface area contributed by atoms with Crippen LogP contribution in [0.15, 0.2) is 47.5 Å². The fourth-order valence-electron chi connectivity index (χ4n) is 3.28. The molecule has 12 heteroatoms. The molecule has 2 N–H and O–H groups in total. The Kier molecular flexibility index (Phi) is 6.26. The van der Waals surface area contributed by atoms with Gasteiger partial charge < -0.3 is 10.4 Å². The van der Waals surface area contributed by atoms with E-state index in [-0.39, 0.29) is 11.7 Å². The number of aliphatic hydroxyl groups is 1. The van der Waals surface area contributed by atoms with Crippen LogP contribution in [0.3, 0.4) is 0 Å². The summed E-state index contributed by atoms with van der Waals surface area (Å²) in [6.45, 7) is -1.10. The highest BCUT2D eigenvalue weighted by molar-refractivity contribution is 6.30. The van der Waals surface area contributed by atoms with Crippen LogP contribution in [-0.2, 0) is 0 Å². The van der Waals surface area contributed by atoms with Gasteiger partial charge in [0.15, 0.2) is 6.10 Å². The van der Waals surface area contributed by atoms with Gasteiger partial charge in [0.05, 0.1) is 30.7 Å². The monoisotopic (exact) mass is 481 g/mol. The van der Waals surface area contributed by atoms with E-state index in [1.807, 2.05) is 5.32 Å². The molecule has 1 saturated carbocycles. The van der Waals surface area contributed by atoms with Gasteiger partial charge in [0.1, 0.15) is 11.3 Å². The second kappa shape index (κ2) is 8.99. The van der Waals surface area contributed by atoms with E-state index in [0.717, 1.165) is 23.9 Å². The number of hydrogen-bond donors (Lipinski definition) is 2. The summed E-state index contributed by atoms with van der Waals surface area (Å²) in [5, 5.41) is 20.2. The maximum atomic E-state index is 13.0. The molecule has 1 aliphatic carbocycles. The highest BCUT2D eigenvalue weighted by Gasteiger charge is 2.38. The smallest absolute Gasteiger partial charge is 0.382 e. The van der Waals surface area contributed by atoms with Gasteiger partial charge in [-0.15, -0.1) is 0 Å². The number of aromatic nitrogens is 4. The molecular formula is C21H19ClF3N5O3. The Morgan fingerprint density at radius 2 is 1.97 bits per heavy atom. The summed E-state index contributed by atoms with van der Waals surface area (Å²) in [5.41, 5.74) is -0.194. The minimum Gasteiger partial charge on any atom is -0.382 e. The minimum absolute atomic E-state index is 0.223. The van der Waals surface area contributed by atoms with Gasteiger partial charge in [-0.25, -0.2) is 0 Å². The van der Waals surface area contributed by atoms with E-state index in [1.165, 1.54) is 12.3 Å². The summed E-state index contributed by atoms with van der Waals surface area (Å²) in [6.07, 6.45) is -1.59. The van der Waals surface area contributed by atoms with Crippen LogP contribution in [0.5, 0.6) is 0 Å². The third-order valence-corrected chi connectivity index (χ3v) is 5.66. The normalized spacial score (nSPS) is 15.2. The molecule has 4 rings (SSSR count). The van der Waals surface area contributed by atoms with Crippen molar-refractivity contribution >= 4 is 17.5 Å². The zero-order chi connectivity index (χ0) is 23.8. The van der Waals surface area contributed by atoms with Crippen molar-refractivity contribution in [3.8, 4) is 16.9 Å². The SMILES string of the molecule is O=C(NCC(O)C(F)(F)F)c1cc(-c2ccc(Cl)cc2)nn(-c2cnn(C3CCC3)c2)c1=O. The lowest BCUT2D eigenvalue weighted by molar-refractivity contribution is -0.201. The van der Waals surface area contributed by atoms with Crippen molar-refractivity contribution in [2.75, 3.05) is 6.54 Å². The predicted molar refractivity (Wildman–Crippen MR) is 113 cm³/mol. The van der Waals surface area contributed by atoms with Gasteiger partial charge in [-0.3, -0.25) is 14.3 Å². The Bertz CT molecular complexity index is 1220. The summed E-state index contributed by atoms with van der Waals surface area (Å²) in [4.78, 5) is 25.7. The van der Waals surface area contributed by atoms with E-state index in [0.29, 0.717) is 16.3 Å². The molecule has 174 valence electrons. The molecule has 1 fully saturated rings. The molecule has 0 spiro atoms. The van der Waals surface area contributed by atoms with E-state index in [9.17, 15) is 22.8 Å². The summed E-state index contributed by atoms with van der Waals surface area (Å²) < 4.78 is 40.5. The number of carbonyl (C=O) groups excluding carboxylic acids is 1. The van der Waals surface area contributed by atoms with E-state index in [4.69, 9.17) is 16.7 Å². The van der Waals surface area contributed by atoms with Gasteiger partial charge >= 0.3 is 6.18 Å². The van der Waals surface area contributed by atoms with E-state index in [1.54, 1.807) is 35.1 Å². The third kappa shape index (κ3) is 4.93. The lowest BCUT2D eigenvalue weighted by atomic mass is 9.93. The molecule has 1 aliphatic rings. The van der Waals surface area contributed by atoms with Gasteiger partial charge in [0.25, 0.3) is 11.5 Å². The minimum atomic E-state index is -4.91. The Morgan fingerprint density at radius 3 is 2.58 bits per heavy atom. The number of halogens is 4. The number of benzene rings is 1. The summed E-state index contributed by atoms with van der Waals surface area (Å²) in [6, 6.07) is 7.87. The number of carbonyl (C=O) groups is 1. The number of nitrogens with zero attached hydrogens (tertiary/aromatic N) is 4. The van der Waals surface area contributed by atoms with Crippen molar-refractivity contribution in [2.45, 2.75) is 37.6 Å². The Hall–Kier alpha value is -3.18. The number of nitrogens with one attached hydrogen (secondary N) is 1. The average Bonchev–Trinajstić information content (AvgIpc) is 3.19. The van der Waals surface area contributed by atoms with Crippen LogP contribution in [0.25, 0.3) is 16.9 Å². The molecule has 0 bridgehead atoms. The summed E-state index contributed by atoms with van der Waals surface area (Å²) in [7, 11) is 0. The van der Waals surface area contributed by atoms with Crippen LogP contribution in [0.1, 0.15) is 35.7 Å². The van der Waals surface area contributed by atoms with Gasteiger partial charge in [-0.1, -0.05) is 23.7 Å². The van der Waals surface area contributed by atoms with Crippen molar-refractivity contribution in [3.05, 3.63) is 63.7 Å². The number of amides is 1. The lowest BCUT2D eigenvalue weighted by Gasteiger charge is -2.25. The molecule has 0 aliphatic heterocycles. The van der Waals surface area contributed by atoms with E-state index < -0.39 is 35.9 Å². The van der Waals surface area contributed by atoms with Crippen molar-refractivity contribution < 1.29 is 23.1 Å². The van der Waals surface area contributed by atoms with Crippen LogP contribution in [0.2, 0.25) is 5.02 Å². The van der Waals surface area contributed by atoms with Crippen LogP contribution >= 0.6 is 11.6 Å². The lowest BCUT2D eigenvalue weighted by Crippen LogP contribution is -2.42. The van der Waals surface area contributed by atoms with E-state index >= 15 is 0 Å². The highest BCUT2D eigenvalue weighted by atomic mass is 35.5. The molecule has 2 heterocycles. The maximum absolute atomic E-state index is 13.0. The fourth-order valence-corrected chi connectivity index (χ4v) is 3.41. The van der Waals surface area contributed by atoms with Crippen LogP contribution in [-0.4, -0.2) is 49.4 Å². The zero-order valence-electron chi connectivity index (χ0n) is 17.1. The third-order valence-electron chi connectivity index (χ3n) is 5.41. The van der Waals surface area contributed by atoms with Crippen molar-refractivity contribution in [1.29, 1.82) is 0 Å². The molecule has 1 aromatic carbocycles. The standard InChI is InChI=1S/C21H19ClF3N5O3/c22-13-6-4-12(5-7-13)17-8-16(19(32)26-10-18(31)21(23,24)25)20(33)30(28-17)15-9-27-29(11-15)14-2-1-3-14/h4-9,11,14,18,31H,1-3,10H2,(H,26,32). The molecule has 1 unspecified atom stereocenters. The van der Waals surface area contributed by atoms with Crippen molar-refractivity contribution in [2.24, 2.45) is 0 Å². The Balaban J connectivity index is 1.73. The zero-order valence-corrected chi connectivity index (χ0v) is 17.8. The van der Waals surface area contributed by atoms with Gasteiger partial charge in [0, 0.05) is 10.6 Å². The van der Waals surface area contributed by atoms with Crippen LogP contribution in [0, 0.1) is 0 Å². The first-order chi connectivity index (χ1) is 15.6. The maximum Gasteiger partial charge on any atom is 0.416 e. The largest absolute Gasteiger partial charge is 0.416 e. The first-order valence-corrected chi connectivity index (χ1v) is 10.5. The first-order valence-electron chi connectivity index (χ1n) is 10.1. The van der Waals surface area contributed by atoms with Crippen molar-refractivity contribution in [3.63, 3.8) is 0 Å². The highest BCUT2D eigenvalue weighted by Crippen LogP contribution is 2.31. The molecular weight excluding hydrogens is 463 g/mol. The Morgan fingerprint density at radius 1 is 1.27 bits per heavy atom. The molecule has 1 atom stereocenters. The fraction of sp³-hybridized carbons (Fsp3) is 0.333. The molecule has 3 aromatic rings. The summed E-state index contributed by atoms with van der Waals surface area (Å²) >= 11 is 5.93. The van der Waals surface area contributed by atoms with Gasteiger partial charge in [-0.05, 0) is 37.5 Å². The molecule has 1 amide bonds. The molecule has 0 saturated heterocycles. The van der Waals surface area contributed by atoms with E-state index in [2.05, 4.69) is 10.2 Å². The topological polar surface area (TPSA) is 102 Å². The first kappa shape index (κ1) is 23.0. The van der Waals surface area contributed by atoms with Gasteiger partial charge in [0.2, 0.25) is 0 Å². The molecule has 0 radical (unpaired) electrons. The van der Waals surface area contributed by atoms with Gasteiger partial charge in [-0.2, -0.15) is 28.1 Å². The molecule has 33 heavy (non-hydrogen) atoms. The number of hydrogen-bond acceptors (Lipinski definition) is 5. The van der Waals surface area contributed by atoms with Crippen LogP contribution < -0.4 is 10.9 Å². The summed E-state index contributed by atoms with van der Waals surface area (Å²) in [5.74, 6) is -1.07. The second-order valence-corrected chi connectivity index (χ2v) is 8.13. The predicted octanol–water partition coefficient (Wildman–Crippen LogP) is 3.13.